The van der Waals surface area contributed by atoms with Crippen LogP contribution in [-0.2, 0) is 0 Å². The molecule has 0 radical (unpaired) electrons. The van der Waals surface area contributed by atoms with Gasteiger partial charge in [-0.05, 0) is 35.9 Å². The van der Waals surface area contributed by atoms with E-state index in [9.17, 15) is 13.2 Å². The minimum atomic E-state index is -1.11. The van der Waals surface area contributed by atoms with E-state index in [0.29, 0.717) is 22.8 Å². The molecule has 8 heteroatoms. The second-order valence-electron chi connectivity index (χ2n) is 4.58. The minimum absolute atomic E-state index is 0.101. The van der Waals surface area contributed by atoms with Gasteiger partial charge in [-0.15, -0.1) is 0 Å². The highest BCUT2D eigenvalue weighted by Crippen LogP contribution is 2.37. The monoisotopic (exact) mass is 376 g/mol. The molecular weight excluding hydrogens is 372 g/mol. The van der Waals surface area contributed by atoms with Crippen molar-refractivity contribution in [2.45, 2.75) is 0 Å². The lowest BCUT2D eigenvalue weighted by atomic mass is 10.1. The van der Waals surface area contributed by atoms with Crippen LogP contribution in [0, 0.1) is 17.5 Å². The summed E-state index contributed by atoms with van der Waals surface area (Å²) in [5.74, 6) is -3.27. The van der Waals surface area contributed by atoms with E-state index >= 15 is 0 Å². The SMILES string of the molecule is Fc1cc(F)c(-c2c(Cl)nc(Cl)n2-c2ccc(Cl)cc2)c(F)c1. The Morgan fingerprint density at radius 2 is 1.43 bits per heavy atom. The number of nitrogens with zero attached hydrogens (tertiary/aromatic N) is 2. The molecule has 0 aliphatic heterocycles. The lowest BCUT2D eigenvalue weighted by molar-refractivity contribution is 0.547. The largest absolute Gasteiger partial charge is 0.281 e. The lowest BCUT2D eigenvalue weighted by Gasteiger charge is -2.11. The predicted octanol–water partition coefficient (Wildman–Crippen LogP) is 5.92. The van der Waals surface area contributed by atoms with Crippen LogP contribution in [0.4, 0.5) is 13.2 Å². The number of halogens is 6. The molecule has 2 aromatic carbocycles. The van der Waals surface area contributed by atoms with Crippen molar-refractivity contribution in [2.24, 2.45) is 0 Å². The molecule has 0 N–H and O–H groups in total. The first-order chi connectivity index (χ1) is 10.9. The van der Waals surface area contributed by atoms with E-state index < -0.39 is 23.0 Å². The van der Waals surface area contributed by atoms with E-state index in [0.717, 1.165) is 0 Å². The van der Waals surface area contributed by atoms with Crippen molar-refractivity contribution >= 4 is 34.8 Å². The lowest BCUT2D eigenvalue weighted by Crippen LogP contribution is -2.01. The number of hydrogen-bond donors (Lipinski definition) is 0. The summed E-state index contributed by atoms with van der Waals surface area (Å²) < 4.78 is 42.6. The van der Waals surface area contributed by atoms with Crippen molar-refractivity contribution in [2.75, 3.05) is 0 Å². The molecule has 118 valence electrons. The van der Waals surface area contributed by atoms with Gasteiger partial charge in [-0.2, -0.15) is 0 Å². The molecule has 0 saturated heterocycles. The highest BCUT2D eigenvalue weighted by atomic mass is 35.5. The summed E-state index contributed by atoms with van der Waals surface area (Å²) in [5.41, 5.74) is -0.198. The fourth-order valence-electron chi connectivity index (χ4n) is 2.18. The van der Waals surface area contributed by atoms with Crippen LogP contribution in [0.3, 0.4) is 0 Å². The van der Waals surface area contributed by atoms with Gasteiger partial charge < -0.3 is 0 Å². The van der Waals surface area contributed by atoms with Crippen LogP contribution in [0.1, 0.15) is 0 Å². The maximum absolute atomic E-state index is 14.1. The summed E-state index contributed by atoms with van der Waals surface area (Å²) in [6, 6.07) is 7.42. The zero-order valence-electron chi connectivity index (χ0n) is 11.1. The van der Waals surface area contributed by atoms with E-state index in [1.807, 2.05) is 0 Å². The van der Waals surface area contributed by atoms with E-state index in [1.165, 1.54) is 4.57 Å². The molecule has 0 fully saturated rings. The molecule has 0 unspecified atom stereocenters. The van der Waals surface area contributed by atoms with E-state index in [2.05, 4.69) is 4.98 Å². The second-order valence-corrected chi connectivity index (χ2v) is 5.71. The van der Waals surface area contributed by atoms with Gasteiger partial charge >= 0.3 is 0 Å². The molecule has 0 bridgehead atoms. The third kappa shape index (κ3) is 2.92. The van der Waals surface area contributed by atoms with Crippen molar-refractivity contribution in [1.29, 1.82) is 0 Å². The zero-order chi connectivity index (χ0) is 16.7. The average molecular weight is 378 g/mol. The summed E-state index contributed by atoms with van der Waals surface area (Å²) >= 11 is 17.8. The Morgan fingerprint density at radius 1 is 0.870 bits per heavy atom. The van der Waals surface area contributed by atoms with Crippen LogP contribution < -0.4 is 0 Å². The smallest absolute Gasteiger partial charge is 0.209 e. The van der Waals surface area contributed by atoms with Crippen LogP contribution in [0.2, 0.25) is 15.5 Å². The Balaban J connectivity index is 2.32. The topological polar surface area (TPSA) is 17.8 Å². The summed E-state index contributed by atoms with van der Waals surface area (Å²) in [5, 5.41) is 0.154. The maximum atomic E-state index is 14.1. The van der Waals surface area contributed by atoms with Crippen molar-refractivity contribution < 1.29 is 13.2 Å². The Bertz CT molecular complexity index is 869. The van der Waals surface area contributed by atoms with E-state index in [-0.39, 0.29) is 16.1 Å². The second kappa shape index (κ2) is 6.07. The molecule has 23 heavy (non-hydrogen) atoms. The molecule has 1 heterocycles. The van der Waals surface area contributed by atoms with Crippen molar-refractivity contribution in [1.82, 2.24) is 9.55 Å². The molecule has 0 saturated carbocycles. The summed E-state index contributed by atoms with van der Waals surface area (Å²) in [6.45, 7) is 0. The molecule has 2 nitrogen and oxygen atoms in total. The first-order valence-corrected chi connectivity index (χ1v) is 7.36. The Kier molecular flexibility index (Phi) is 4.27. The summed E-state index contributed by atoms with van der Waals surface area (Å²) in [4.78, 5) is 3.82. The van der Waals surface area contributed by atoms with Gasteiger partial charge in [0, 0.05) is 22.8 Å². The van der Waals surface area contributed by atoms with Gasteiger partial charge in [0.1, 0.15) is 17.5 Å². The number of hydrogen-bond acceptors (Lipinski definition) is 1. The minimum Gasteiger partial charge on any atom is -0.281 e. The van der Waals surface area contributed by atoms with Crippen molar-refractivity contribution in [3.63, 3.8) is 0 Å². The molecule has 0 amide bonds. The van der Waals surface area contributed by atoms with Crippen LogP contribution >= 0.6 is 34.8 Å². The summed E-state index contributed by atoms with van der Waals surface area (Å²) in [6.07, 6.45) is 0. The molecular formula is C15H6Cl3F3N2. The van der Waals surface area contributed by atoms with Gasteiger partial charge in [-0.3, -0.25) is 4.57 Å². The molecule has 3 rings (SSSR count). The Hall–Kier alpha value is -1.69. The average Bonchev–Trinajstić information content (AvgIpc) is 2.74. The van der Waals surface area contributed by atoms with E-state index in [4.69, 9.17) is 34.8 Å². The zero-order valence-corrected chi connectivity index (χ0v) is 13.4. The third-order valence-corrected chi connectivity index (χ3v) is 3.89. The normalized spacial score (nSPS) is 11.0. The van der Waals surface area contributed by atoms with Gasteiger partial charge in [0.15, 0.2) is 5.15 Å². The van der Waals surface area contributed by atoms with Gasteiger partial charge in [-0.1, -0.05) is 23.2 Å². The molecule has 0 aliphatic rings. The molecule has 1 aromatic heterocycles. The molecule has 0 atom stereocenters. The maximum Gasteiger partial charge on any atom is 0.209 e. The third-order valence-electron chi connectivity index (χ3n) is 3.12. The molecule has 0 aliphatic carbocycles. The highest BCUT2D eigenvalue weighted by molar-refractivity contribution is 6.34. The highest BCUT2D eigenvalue weighted by Gasteiger charge is 2.24. The van der Waals surface area contributed by atoms with Gasteiger partial charge in [0.25, 0.3) is 0 Å². The van der Waals surface area contributed by atoms with Crippen LogP contribution in [0.15, 0.2) is 36.4 Å². The first kappa shape index (κ1) is 16.2. The molecule has 3 aromatic rings. The van der Waals surface area contributed by atoms with Gasteiger partial charge in [0.05, 0.1) is 11.3 Å². The summed E-state index contributed by atoms with van der Waals surface area (Å²) in [7, 11) is 0. The number of imidazole rings is 1. The number of aromatic nitrogens is 2. The quantitative estimate of drug-likeness (QED) is 0.542. The van der Waals surface area contributed by atoms with Crippen LogP contribution in [0.5, 0.6) is 0 Å². The Morgan fingerprint density at radius 3 is 2.00 bits per heavy atom. The van der Waals surface area contributed by atoms with Crippen molar-refractivity contribution in [3.05, 3.63) is 69.3 Å². The fraction of sp³-hybridized carbons (Fsp3) is 0. The van der Waals surface area contributed by atoms with Crippen LogP contribution in [-0.4, -0.2) is 9.55 Å². The van der Waals surface area contributed by atoms with Gasteiger partial charge in [-0.25, -0.2) is 18.2 Å². The van der Waals surface area contributed by atoms with Gasteiger partial charge in [0.2, 0.25) is 5.28 Å². The standard InChI is InChI=1S/C15H6Cl3F3N2/c16-7-1-3-9(4-2-7)23-13(14(17)22-15(23)18)12-10(20)5-8(19)6-11(12)21/h1-6H. The van der Waals surface area contributed by atoms with Crippen molar-refractivity contribution in [3.8, 4) is 16.9 Å². The molecule has 0 spiro atoms. The Labute approximate surface area is 144 Å². The van der Waals surface area contributed by atoms with E-state index in [1.54, 1.807) is 24.3 Å². The fourth-order valence-corrected chi connectivity index (χ4v) is 2.87. The number of rotatable bonds is 2. The predicted molar refractivity (Wildman–Crippen MR) is 83.9 cm³/mol. The van der Waals surface area contributed by atoms with Crippen LogP contribution in [0.25, 0.3) is 16.9 Å². The first-order valence-electron chi connectivity index (χ1n) is 6.23. The number of benzene rings is 2.